The summed E-state index contributed by atoms with van der Waals surface area (Å²) in [5.41, 5.74) is 0.808. The highest BCUT2D eigenvalue weighted by atomic mass is 35.5. The molecule has 0 aliphatic heterocycles. The van der Waals surface area contributed by atoms with Crippen LogP contribution in [0.25, 0.3) is 11.3 Å². The van der Waals surface area contributed by atoms with E-state index in [4.69, 9.17) is 39.9 Å². The molecule has 0 atom stereocenters. The lowest BCUT2D eigenvalue weighted by Gasteiger charge is -2.08. The van der Waals surface area contributed by atoms with E-state index in [-0.39, 0.29) is 21.3 Å². The van der Waals surface area contributed by atoms with Gasteiger partial charge in [-0.1, -0.05) is 34.8 Å². The summed E-state index contributed by atoms with van der Waals surface area (Å²) in [5, 5.41) is 9.84. The number of aliphatic hydroxyl groups excluding tert-OH is 1. The average Bonchev–Trinajstić information content (AvgIpc) is 2.27. The normalized spacial score (nSPS) is 10.7. The van der Waals surface area contributed by atoms with Gasteiger partial charge in [-0.15, -0.1) is 0 Å². The number of hydrogen-bond acceptors (Lipinski definition) is 2. The molecule has 6 heteroatoms. The zero-order chi connectivity index (χ0) is 13.3. The van der Waals surface area contributed by atoms with Crippen molar-refractivity contribution in [1.29, 1.82) is 0 Å². The van der Waals surface area contributed by atoms with Crippen molar-refractivity contribution in [2.45, 2.75) is 6.61 Å². The van der Waals surface area contributed by atoms with Crippen molar-refractivity contribution in [3.8, 4) is 11.3 Å². The van der Waals surface area contributed by atoms with E-state index < -0.39 is 12.6 Å². The van der Waals surface area contributed by atoms with Gasteiger partial charge < -0.3 is 5.11 Å². The molecule has 1 aromatic heterocycles. The third-order valence-corrected chi connectivity index (χ3v) is 3.17. The second-order valence-corrected chi connectivity index (χ2v) is 4.80. The molecule has 94 valence electrons. The van der Waals surface area contributed by atoms with E-state index >= 15 is 0 Å². The van der Waals surface area contributed by atoms with Crippen LogP contribution < -0.4 is 0 Å². The molecule has 2 rings (SSSR count). The molecule has 1 aromatic carbocycles. The molecule has 0 spiro atoms. The van der Waals surface area contributed by atoms with Crippen LogP contribution in [0.1, 0.15) is 5.56 Å². The van der Waals surface area contributed by atoms with Crippen LogP contribution in [0.2, 0.25) is 15.1 Å². The van der Waals surface area contributed by atoms with Gasteiger partial charge in [0.25, 0.3) is 0 Å². The first-order chi connectivity index (χ1) is 8.52. The van der Waals surface area contributed by atoms with Gasteiger partial charge in [0.05, 0.1) is 22.3 Å². The highest BCUT2D eigenvalue weighted by molar-refractivity contribution is 6.41. The number of hydrogen-bond donors (Lipinski definition) is 1. The fourth-order valence-corrected chi connectivity index (χ4v) is 2.52. The van der Waals surface area contributed by atoms with Gasteiger partial charge in [0.2, 0.25) is 5.95 Å². The standard InChI is InChI=1S/C12H7Cl3FNO/c13-7-3-8(14)11(9(15)4-7)10-2-1-6(5-18)12(16)17-10/h1-4,18H,5H2. The third-order valence-electron chi connectivity index (χ3n) is 2.36. The first-order valence-electron chi connectivity index (χ1n) is 4.94. The summed E-state index contributed by atoms with van der Waals surface area (Å²) < 4.78 is 13.5. The lowest BCUT2D eigenvalue weighted by atomic mass is 10.1. The predicted octanol–water partition coefficient (Wildman–Crippen LogP) is 4.34. The Kier molecular flexibility index (Phi) is 4.07. The zero-order valence-electron chi connectivity index (χ0n) is 8.92. The molecule has 0 amide bonds. The maximum Gasteiger partial charge on any atom is 0.218 e. The van der Waals surface area contributed by atoms with E-state index in [0.717, 1.165) is 0 Å². The largest absolute Gasteiger partial charge is 0.392 e. The molecule has 0 saturated heterocycles. The Morgan fingerprint density at radius 2 is 1.72 bits per heavy atom. The van der Waals surface area contributed by atoms with Gasteiger partial charge >= 0.3 is 0 Å². The van der Waals surface area contributed by atoms with Gasteiger partial charge in [-0.25, -0.2) is 4.98 Å². The second kappa shape index (κ2) is 5.41. The van der Waals surface area contributed by atoms with Gasteiger partial charge in [-0.05, 0) is 24.3 Å². The molecule has 2 aromatic rings. The summed E-state index contributed by atoms with van der Waals surface area (Å²) in [7, 11) is 0. The van der Waals surface area contributed by atoms with Crippen molar-refractivity contribution >= 4 is 34.8 Å². The molecule has 1 heterocycles. The number of halogens is 4. The van der Waals surface area contributed by atoms with Gasteiger partial charge in [-0.2, -0.15) is 4.39 Å². The lowest BCUT2D eigenvalue weighted by Crippen LogP contribution is -1.96. The van der Waals surface area contributed by atoms with E-state index in [0.29, 0.717) is 10.6 Å². The molecule has 18 heavy (non-hydrogen) atoms. The van der Waals surface area contributed by atoms with Crippen LogP contribution in [0.3, 0.4) is 0 Å². The number of aromatic nitrogens is 1. The van der Waals surface area contributed by atoms with E-state index in [1.165, 1.54) is 24.3 Å². The molecular formula is C12H7Cl3FNO. The lowest BCUT2D eigenvalue weighted by molar-refractivity contribution is 0.274. The number of nitrogens with zero attached hydrogens (tertiary/aromatic N) is 1. The van der Waals surface area contributed by atoms with Crippen LogP contribution in [0.5, 0.6) is 0 Å². The van der Waals surface area contributed by atoms with Crippen LogP contribution in [-0.4, -0.2) is 10.1 Å². The monoisotopic (exact) mass is 305 g/mol. The van der Waals surface area contributed by atoms with Crippen LogP contribution in [0.4, 0.5) is 4.39 Å². The molecule has 0 aliphatic rings. The van der Waals surface area contributed by atoms with E-state index in [2.05, 4.69) is 4.98 Å². The van der Waals surface area contributed by atoms with Crippen LogP contribution in [-0.2, 0) is 6.61 Å². The molecule has 2 nitrogen and oxygen atoms in total. The Hall–Kier alpha value is -0.870. The van der Waals surface area contributed by atoms with Crippen molar-refractivity contribution in [2.24, 2.45) is 0 Å². The molecule has 0 aliphatic carbocycles. The molecule has 0 saturated carbocycles. The highest BCUT2D eigenvalue weighted by Crippen LogP contribution is 2.36. The maximum atomic E-state index is 13.5. The van der Waals surface area contributed by atoms with Crippen molar-refractivity contribution < 1.29 is 9.50 Å². The van der Waals surface area contributed by atoms with E-state index in [1.807, 2.05) is 0 Å². The number of rotatable bonds is 2. The number of aliphatic hydroxyl groups is 1. The molecule has 0 bridgehead atoms. The molecule has 0 unspecified atom stereocenters. The van der Waals surface area contributed by atoms with Gasteiger partial charge in [0.1, 0.15) is 0 Å². The molecule has 0 radical (unpaired) electrons. The summed E-state index contributed by atoms with van der Waals surface area (Å²) in [6.45, 7) is -0.415. The van der Waals surface area contributed by atoms with Crippen LogP contribution >= 0.6 is 34.8 Å². The minimum Gasteiger partial charge on any atom is -0.392 e. The highest BCUT2D eigenvalue weighted by Gasteiger charge is 2.13. The van der Waals surface area contributed by atoms with Crippen LogP contribution in [0.15, 0.2) is 24.3 Å². The molecule has 1 N–H and O–H groups in total. The predicted molar refractivity (Wildman–Crippen MR) is 70.6 cm³/mol. The quantitative estimate of drug-likeness (QED) is 0.837. The topological polar surface area (TPSA) is 33.1 Å². The molecule has 0 fully saturated rings. The van der Waals surface area contributed by atoms with Crippen molar-refractivity contribution in [3.05, 3.63) is 50.8 Å². The minimum absolute atomic E-state index is 0.111. The fourth-order valence-electron chi connectivity index (χ4n) is 1.51. The van der Waals surface area contributed by atoms with E-state index in [9.17, 15) is 4.39 Å². The fraction of sp³-hybridized carbons (Fsp3) is 0.0833. The maximum absolute atomic E-state index is 13.5. The summed E-state index contributed by atoms with van der Waals surface area (Å²) >= 11 is 17.8. The number of pyridine rings is 1. The Morgan fingerprint density at radius 1 is 1.11 bits per heavy atom. The Labute approximate surface area is 118 Å². The second-order valence-electron chi connectivity index (χ2n) is 3.55. The Bertz CT molecular complexity index is 581. The smallest absolute Gasteiger partial charge is 0.218 e. The van der Waals surface area contributed by atoms with E-state index in [1.54, 1.807) is 0 Å². The summed E-state index contributed by atoms with van der Waals surface area (Å²) in [5.74, 6) is -0.753. The van der Waals surface area contributed by atoms with Crippen molar-refractivity contribution in [3.63, 3.8) is 0 Å². The third kappa shape index (κ3) is 2.59. The summed E-state index contributed by atoms with van der Waals surface area (Å²) in [6.07, 6.45) is 0. The average molecular weight is 307 g/mol. The Balaban J connectivity index is 2.59. The number of benzene rings is 1. The Morgan fingerprint density at radius 3 is 2.22 bits per heavy atom. The summed E-state index contributed by atoms with van der Waals surface area (Å²) in [4.78, 5) is 3.73. The minimum atomic E-state index is -0.753. The van der Waals surface area contributed by atoms with Crippen molar-refractivity contribution in [1.82, 2.24) is 4.98 Å². The SMILES string of the molecule is OCc1ccc(-c2c(Cl)cc(Cl)cc2Cl)nc1F. The first-order valence-corrected chi connectivity index (χ1v) is 6.07. The van der Waals surface area contributed by atoms with Gasteiger partial charge in [0, 0.05) is 16.1 Å². The molecular weight excluding hydrogens is 299 g/mol. The van der Waals surface area contributed by atoms with Gasteiger partial charge in [-0.3, -0.25) is 0 Å². The van der Waals surface area contributed by atoms with Gasteiger partial charge in [0.15, 0.2) is 0 Å². The summed E-state index contributed by atoms with van der Waals surface area (Å²) in [6, 6.07) is 5.97. The zero-order valence-corrected chi connectivity index (χ0v) is 11.2. The van der Waals surface area contributed by atoms with Crippen molar-refractivity contribution in [2.75, 3.05) is 0 Å². The first kappa shape index (κ1) is 13.6. The van der Waals surface area contributed by atoms with Crippen LogP contribution in [0, 0.1) is 5.95 Å².